The standard InChI is InChI=1S/C20H24N4O/c1-3-14-5-4-6-18-15(13-23-19(14)18)11-12-22-20(21)24-16-7-9-17(25-2)10-8-16/h4-10,13,23H,3,11-12H2,1-2H3,(H3,21,22,24). The minimum Gasteiger partial charge on any atom is -0.497 e. The fourth-order valence-electron chi connectivity index (χ4n) is 2.94. The van der Waals surface area contributed by atoms with E-state index in [1.54, 1.807) is 7.11 Å². The van der Waals surface area contributed by atoms with E-state index in [1.807, 2.05) is 24.3 Å². The highest BCUT2D eigenvalue weighted by molar-refractivity contribution is 5.92. The summed E-state index contributed by atoms with van der Waals surface area (Å²) >= 11 is 0. The smallest absolute Gasteiger partial charge is 0.193 e. The molecule has 130 valence electrons. The number of H-pyrrole nitrogens is 1. The van der Waals surface area contributed by atoms with Gasteiger partial charge in [-0.05, 0) is 48.2 Å². The van der Waals surface area contributed by atoms with Crippen LogP contribution in [0.3, 0.4) is 0 Å². The number of rotatable bonds is 6. The molecule has 0 unspecified atom stereocenters. The number of anilines is 1. The number of aromatic amines is 1. The van der Waals surface area contributed by atoms with Gasteiger partial charge in [-0.25, -0.2) is 0 Å². The zero-order valence-electron chi connectivity index (χ0n) is 14.7. The lowest BCUT2D eigenvalue weighted by atomic mass is 10.1. The number of aliphatic imine (C=N–C) groups is 1. The molecule has 0 radical (unpaired) electrons. The summed E-state index contributed by atoms with van der Waals surface area (Å²) in [5.74, 6) is 1.23. The Morgan fingerprint density at radius 3 is 2.68 bits per heavy atom. The predicted molar refractivity (Wildman–Crippen MR) is 104 cm³/mol. The van der Waals surface area contributed by atoms with Gasteiger partial charge in [-0.3, -0.25) is 4.99 Å². The first-order chi connectivity index (χ1) is 12.2. The maximum absolute atomic E-state index is 5.97. The fourth-order valence-corrected chi connectivity index (χ4v) is 2.94. The van der Waals surface area contributed by atoms with Gasteiger partial charge in [0.25, 0.3) is 0 Å². The quantitative estimate of drug-likeness (QED) is 0.474. The zero-order chi connectivity index (χ0) is 17.6. The topological polar surface area (TPSA) is 75.4 Å². The van der Waals surface area contributed by atoms with E-state index in [-0.39, 0.29) is 0 Å². The van der Waals surface area contributed by atoms with Crippen molar-refractivity contribution in [2.24, 2.45) is 10.7 Å². The van der Waals surface area contributed by atoms with E-state index in [0.29, 0.717) is 12.5 Å². The second-order valence-electron chi connectivity index (χ2n) is 5.88. The lowest BCUT2D eigenvalue weighted by Crippen LogP contribution is -2.23. The van der Waals surface area contributed by atoms with Crippen molar-refractivity contribution in [3.8, 4) is 5.75 Å². The lowest BCUT2D eigenvalue weighted by molar-refractivity contribution is 0.415. The van der Waals surface area contributed by atoms with Gasteiger partial charge >= 0.3 is 0 Å². The maximum Gasteiger partial charge on any atom is 0.193 e. The molecule has 0 spiro atoms. The first-order valence-electron chi connectivity index (χ1n) is 8.50. The Morgan fingerprint density at radius 2 is 1.96 bits per heavy atom. The number of fused-ring (bicyclic) bond motifs is 1. The number of nitrogens with zero attached hydrogens (tertiary/aromatic N) is 1. The number of hydrogen-bond acceptors (Lipinski definition) is 2. The predicted octanol–water partition coefficient (Wildman–Crippen LogP) is 3.71. The monoisotopic (exact) mass is 336 g/mol. The first-order valence-corrected chi connectivity index (χ1v) is 8.50. The molecule has 0 saturated carbocycles. The van der Waals surface area contributed by atoms with Crippen molar-refractivity contribution in [2.45, 2.75) is 19.8 Å². The van der Waals surface area contributed by atoms with Crippen molar-refractivity contribution in [1.82, 2.24) is 4.98 Å². The molecule has 0 atom stereocenters. The van der Waals surface area contributed by atoms with E-state index in [4.69, 9.17) is 10.5 Å². The summed E-state index contributed by atoms with van der Waals surface area (Å²) in [6.07, 6.45) is 3.94. The molecule has 0 saturated heterocycles. The van der Waals surface area contributed by atoms with Gasteiger partial charge in [-0.2, -0.15) is 0 Å². The SMILES string of the molecule is CCc1cccc2c(CCN=C(N)Nc3ccc(OC)cc3)c[nH]c12. The summed E-state index contributed by atoms with van der Waals surface area (Å²) < 4.78 is 5.14. The van der Waals surface area contributed by atoms with Crippen LogP contribution < -0.4 is 15.8 Å². The number of benzene rings is 2. The van der Waals surface area contributed by atoms with Crippen LogP contribution in [0.4, 0.5) is 5.69 Å². The third-order valence-corrected chi connectivity index (χ3v) is 4.29. The van der Waals surface area contributed by atoms with Gasteiger partial charge in [-0.15, -0.1) is 0 Å². The Morgan fingerprint density at radius 1 is 1.16 bits per heavy atom. The molecule has 4 N–H and O–H groups in total. The molecule has 25 heavy (non-hydrogen) atoms. The van der Waals surface area contributed by atoms with Crippen molar-refractivity contribution < 1.29 is 4.74 Å². The van der Waals surface area contributed by atoms with E-state index in [1.165, 1.54) is 22.0 Å². The molecule has 0 aliphatic rings. The highest BCUT2D eigenvalue weighted by atomic mass is 16.5. The largest absolute Gasteiger partial charge is 0.497 e. The molecule has 2 aromatic carbocycles. The number of nitrogens with one attached hydrogen (secondary N) is 2. The van der Waals surface area contributed by atoms with Crippen molar-refractivity contribution in [3.05, 3.63) is 59.8 Å². The van der Waals surface area contributed by atoms with Crippen LogP contribution in [0.1, 0.15) is 18.1 Å². The second-order valence-corrected chi connectivity index (χ2v) is 5.88. The molecule has 5 nitrogen and oxygen atoms in total. The summed E-state index contributed by atoms with van der Waals surface area (Å²) in [5, 5.41) is 4.37. The number of aromatic nitrogens is 1. The van der Waals surface area contributed by atoms with Gasteiger partial charge in [0.1, 0.15) is 5.75 Å². The van der Waals surface area contributed by atoms with Crippen molar-refractivity contribution in [2.75, 3.05) is 19.0 Å². The Kier molecular flexibility index (Phi) is 5.23. The molecule has 0 bridgehead atoms. The number of guanidine groups is 1. The van der Waals surface area contributed by atoms with Gasteiger partial charge in [0.05, 0.1) is 7.11 Å². The minimum absolute atomic E-state index is 0.416. The highest BCUT2D eigenvalue weighted by Crippen LogP contribution is 2.22. The van der Waals surface area contributed by atoms with E-state index < -0.39 is 0 Å². The summed E-state index contributed by atoms with van der Waals surface area (Å²) in [6, 6.07) is 14.0. The molecule has 1 aromatic heterocycles. The molecule has 0 aliphatic carbocycles. The van der Waals surface area contributed by atoms with Crippen LogP contribution in [-0.4, -0.2) is 24.6 Å². The average Bonchev–Trinajstić information content (AvgIpc) is 3.05. The fraction of sp³-hybridized carbons (Fsp3) is 0.250. The molecular formula is C20H24N4O. The van der Waals surface area contributed by atoms with Gasteiger partial charge in [0, 0.05) is 29.3 Å². The van der Waals surface area contributed by atoms with Gasteiger partial charge in [0.2, 0.25) is 0 Å². The summed E-state index contributed by atoms with van der Waals surface area (Å²) in [5.41, 5.74) is 10.7. The van der Waals surface area contributed by atoms with E-state index in [0.717, 1.165) is 24.3 Å². The van der Waals surface area contributed by atoms with Crippen LogP contribution in [-0.2, 0) is 12.8 Å². The Labute approximate surface area is 147 Å². The zero-order valence-corrected chi connectivity index (χ0v) is 14.7. The highest BCUT2D eigenvalue weighted by Gasteiger charge is 2.06. The van der Waals surface area contributed by atoms with Crippen LogP contribution >= 0.6 is 0 Å². The van der Waals surface area contributed by atoms with Crippen LogP contribution in [0.25, 0.3) is 10.9 Å². The Balaban J connectivity index is 1.62. The molecule has 3 aromatic rings. The lowest BCUT2D eigenvalue weighted by Gasteiger charge is -2.06. The minimum atomic E-state index is 0.416. The summed E-state index contributed by atoms with van der Waals surface area (Å²) in [4.78, 5) is 7.81. The number of para-hydroxylation sites is 1. The Bertz CT molecular complexity index is 865. The number of methoxy groups -OCH3 is 1. The molecule has 0 aliphatic heterocycles. The third-order valence-electron chi connectivity index (χ3n) is 4.29. The molecule has 0 amide bonds. The van der Waals surface area contributed by atoms with Crippen LogP contribution in [0.15, 0.2) is 53.7 Å². The van der Waals surface area contributed by atoms with Crippen LogP contribution in [0.5, 0.6) is 5.75 Å². The van der Waals surface area contributed by atoms with Crippen molar-refractivity contribution in [3.63, 3.8) is 0 Å². The summed E-state index contributed by atoms with van der Waals surface area (Å²) in [6.45, 7) is 2.81. The molecule has 0 fully saturated rings. The van der Waals surface area contributed by atoms with E-state index in [9.17, 15) is 0 Å². The molecule has 1 heterocycles. The van der Waals surface area contributed by atoms with E-state index in [2.05, 4.69) is 46.6 Å². The normalized spacial score (nSPS) is 11.7. The summed E-state index contributed by atoms with van der Waals surface area (Å²) in [7, 11) is 1.65. The average molecular weight is 336 g/mol. The van der Waals surface area contributed by atoms with Gasteiger partial charge < -0.3 is 20.8 Å². The number of ether oxygens (including phenoxy) is 1. The van der Waals surface area contributed by atoms with Crippen molar-refractivity contribution >= 4 is 22.5 Å². The third kappa shape index (κ3) is 3.94. The van der Waals surface area contributed by atoms with E-state index >= 15 is 0 Å². The maximum atomic E-state index is 5.97. The first kappa shape index (κ1) is 16.9. The number of hydrogen-bond donors (Lipinski definition) is 3. The Hall–Kier alpha value is -2.95. The second kappa shape index (κ2) is 7.75. The molecular weight excluding hydrogens is 312 g/mol. The molecule has 3 rings (SSSR count). The molecule has 5 heteroatoms. The van der Waals surface area contributed by atoms with Crippen molar-refractivity contribution in [1.29, 1.82) is 0 Å². The number of nitrogens with two attached hydrogens (primary N) is 1. The van der Waals surface area contributed by atoms with Gasteiger partial charge in [0.15, 0.2) is 5.96 Å². The van der Waals surface area contributed by atoms with Crippen LogP contribution in [0.2, 0.25) is 0 Å². The number of aryl methyl sites for hydroxylation is 1. The van der Waals surface area contributed by atoms with Gasteiger partial charge in [-0.1, -0.05) is 25.1 Å². The van der Waals surface area contributed by atoms with Crippen LogP contribution in [0, 0.1) is 0 Å².